The Hall–Kier alpha value is -2.94. The summed E-state index contributed by atoms with van der Waals surface area (Å²) in [6.07, 6.45) is 1.60. The number of nitrogens with one attached hydrogen (secondary N) is 3. The van der Waals surface area contributed by atoms with Crippen molar-refractivity contribution in [3.63, 3.8) is 0 Å². The van der Waals surface area contributed by atoms with Crippen molar-refractivity contribution >= 4 is 29.2 Å². The van der Waals surface area contributed by atoms with E-state index in [1.165, 1.54) is 16.9 Å². The minimum absolute atomic E-state index is 0.152. The van der Waals surface area contributed by atoms with Gasteiger partial charge in [0.15, 0.2) is 0 Å². The van der Waals surface area contributed by atoms with E-state index in [9.17, 15) is 14.4 Å². The second-order valence-corrected chi connectivity index (χ2v) is 7.26. The molecule has 0 unspecified atom stereocenters. The van der Waals surface area contributed by atoms with Crippen LogP contribution in [0.3, 0.4) is 0 Å². The Kier molecular flexibility index (Phi) is 7.51. The third-order valence-electron chi connectivity index (χ3n) is 4.44. The highest BCUT2D eigenvalue weighted by Gasteiger charge is 2.25. The summed E-state index contributed by atoms with van der Waals surface area (Å²) in [5.74, 6) is -1.24. The first kappa shape index (κ1) is 21.4. The van der Waals surface area contributed by atoms with Gasteiger partial charge >= 0.3 is 6.03 Å². The number of urea groups is 1. The Bertz CT molecular complexity index is 834. The van der Waals surface area contributed by atoms with Crippen LogP contribution in [-0.2, 0) is 11.2 Å². The number of nitrogens with two attached hydrogens (primary N) is 1. The highest BCUT2D eigenvalue weighted by Crippen LogP contribution is 2.24. The van der Waals surface area contributed by atoms with Gasteiger partial charge in [-0.05, 0) is 17.9 Å². The van der Waals surface area contributed by atoms with Crippen molar-refractivity contribution in [3.8, 4) is 10.6 Å². The largest absolute Gasteiger partial charge is 0.352 e. The third kappa shape index (κ3) is 5.53. The zero-order valence-electron chi connectivity index (χ0n) is 16.1. The van der Waals surface area contributed by atoms with Gasteiger partial charge in [-0.15, -0.1) is 11.3 Å². The molecule has 0 aliphatic carbocycles. The first-order valence-electron chi connectivity index (χ1n) is 9.06. The maximum Gasteiger partial charge on any atom is 0.312 e. The Morgan fingerprint density at radius 2 is 1.82 bits per heavy atom. The molecule has 4 amide bonds. The summed E-state index contributed by atoms with van der Waals surface area (Å²) in [5, 5.41) is 4.73. The first-order chi connectivity index (χ1) is 13.3. The molecule has 0 spiro atoms. The fourth-order valence-corrected chi connectivity index (χ4v) is 3.32. The zero-order valence-corrected chi connectivity index (χ0v) is 16.9. The number of rotatable bonds is 7. The molecule has 1 aromatic heterocycles. The van der Waals surface area contributed by atoms with Gasteiger partial charge in [0.25, 0.3) is 11.8 Å². The number of aryl methyl sites for hydroxylation is 1. The third-order valence-corrected chi connectivity index (χ3v) is 5.33. The Morgan fingerprint density at radius 1 is 1.14 bits per heavy atom. The summed E-state index contributed by atoms with van der Waals surface area (Å²) in [6, 6.07) is 6.34. The molecule has 28 heavy (non-hydrogen) atoms. The van der Waals surface area contributed by atoms with Crippen LogP contribution in [0.4, 0.5) is 4.79 Å². The molecule has 0 saturated heterocycles. The first-order valence-corrected chi connectivity index (χ1v) is 9.94. The molecular weight excluding hydrogens is 378 g/mol. The molecule has 1 aromatic carbocycles. The maximum absolute atomic E-state index is 12.3. The lowest BCUT2D eigenvalue weighted by molar-refractivity contribution is -0.124. The second-order valence-electron chi connectivity index (χ2n) is 6.40. The number of nitrogens with zero attached hydrogens (tertiary/aromatic N) is 1. The lowest BCUT2D eigenvalue weighted by Crippen LogP contribution is -2.55. The number of primary amides is 1. The number of amides is 4. The molecule has 5 N–H and O–H groups in total. The molecular formula is C19H25N5O3S. The van der Waals surface area contributed by atoms with Crippen LogP contribution < -0.4 is 21.9 Å². The highest BCUT2D eigenvalue weighted by molar-refractivity contribution is 7.13. The molecule has 0 bridgehead atoms. The van der Waals surface area contributed by atoms with E-state index in [2.05, 4.69) is 28.1 Å². The number of carbonyl (C=O) groups excluding carboxylic acids is 3. The molecule has 8 nitrogen and oxygen atoms in total. The van der Waals surface area contributed by atoms with Crippen molar-refractivity contribution in [2.24, 2.45) is 11.7 Å². The van der Waals surface area contributed by atoms with Gasteiger partial charge in [-0.25, -0.2) is 9.78 Å². The Labute approximate surface area is 167 Å². The number of hydrogen-bond donors (Lipinski definition) is 4. The van der Waals surface area contributed by atoms with Crippen molar-refractivity contribution in [1.82, 2.24) is 21.2 Å². The molecule has 0 fully saturated rings. The molecule has 0 aliphatic rings. The van der Waals surface area contributed by atoms with Gasteiger partial charge in [-0.3, -0.25) is 20.4 Å². The van der Waals surface area contributed by atoms with Crippen LogP contribution in [-0.4, -0.2) is 28.9 Å². The Morgan fingerprint density at radius 3 is 2.39 bits per heavy atom. The van der Waals surface area contributed by atoms with E-state index < -0.39 is 23.9 Å². The number of benzene rings is 1. The van der Waals surface area contributed by atoms with Crippen LogP contribution in [0.2, 0.25) is 0 Å². The minimum atomic E-state index is -0.842. The van der Waals surface area contributed by atoms with Gasteiger partial charge in [0.1, 0.15) is 16.7 Å². The van der Waals surface area contributed by atoms with E-state index in [0.717, 1.165) is 12.0 Å². The van der Waals surface area contributed by atoms with E-state index in [4.69, 9.17) is 5.73 Å². The standard InChI is InChI=1S/C19H25N5O3S/c1-4-11(3)15(22-19(20)27)17(26)24-23-16(25)14-10-28-18(21-14)13-8-6-12(5-2)7-9-13/h6-11,15H,4-5H2,1-3H3,(H,23,25)(H,24,26)(H3,20,22,27)/t11-,15-/m0/s1. The van der Waals surface area contributed by atoms with Crippen LogP contribution in [0.5, 0.6) is 0 Å². The lowest BCUT2D eigenvalue weighted by atomic mass is 9.99. The zero-order chi connectivity index (χ0) is 20.7. The van der Waals surface area contributed by atoms with Crippen molar-refractivity contribution < 1.29 is 14.4 Å². The summed E-state index contributed by atoms with van der Waals surface area (Å²) in [6.45, 7) is 5.77. The second kappa shape index (κ2) is 9.84. The summed E-state index contributed by atoms with van der Waals surface area (Å²) in [7, 11) is 0. The van der Waals surface area contributed by atoms with Crippen LogP contribution in [0, 0.1) is 5.92 Å². The van der Waals surface area contributed by atoms with Gasteiger partial charge in [0.05, 0.1) is 0 Å². The summed E-state index contributed by atoms with van der Waals surface area (Å²) in [4.78, 5) is 40.0. The fraction of sp³-hybridized carbons (Fsp3) is 0.368. The summed E-state index contributed by atoms with van der Waals surface area (Å²) >= 11 is 1.34. The fourth-order valence-electron chi connectivity index (χ4n) is 2.51. The van der Waals surface area contributed by atoms with E-state index in [1.54, 1.807) is 12.3 Å². The van der Waals surface area contributed by atoms with Gasteiger partial charge in [0.2, 0.25) is 0 Å². The summed E-state index contributed by atoms with van der Waals surface area (Å²) in [5.41, 5.74) is 12.1. The smallest absolute Gasteiger partial charge is 0.312 e. The number of hydrazine groups is 1. The minimum Gasteiger partial charge on any atom is -0.352 e. The Balaban J connectivity index is 1.99. The highest BCUT2D eigenvalue weighted by atomic mass is 32.1. The number of aromatic nitrogens is 1. The number of thiazole rings is 1. The van der Waals surface area contributed by atoms with Crippen LogP contribution in [0.25, 0.3) is 10.6 Å². The number of carbonyl (C=O) groups is 3. The monoisotopic (exact) mass is 403 g/mol. The summed E-state index contributed by atoms with van der Waals surface area (Å²) < 4.78 is 0. The number of hydrogen-bond acceptors (Lipinski definition) is 5. The predicted octanol–water partition coefficient (Wildman–Crippen LogP) is 2.22. The van der Waals surface area contributed by atoms with Gasteiger partial charge in [-0.1, -0.05) is 51.5 Å². The molecule has 0 aliphatic heterocycles. The van der Waals surface area contributed by atoms with Crippen molar-refractivity contribution in [3.05, 3.63) is 40.9 Å². The molecule has 1 heterocycles. The normalized spacial score (nSPS) is 12.7. The average Bonchev–Trinajstić information content (AvgIpc) is 3.19. The van der Waals surface area contributed by atoms with E-state index in [0.29, 0.717) is 11.4 Å². The molecule has 150 valence electrons. The van der Waals surface area contributed by atoms with Gasteiger partial charge < -0.3 is 11.1 Å². The van der Waals surface area contributed by atoms with Crippen molar-refractivity contribution in [2.45, 2.75) is 39.7 Å². The average molecular weight is 404 g/mol. The molecule has 2 atom stereocenters. The predicted molar refractivity (Wildman–Crippen MR) is 108 cm³/mol. The van der Waals surface area contributed by atoms with Gasteiger partial charge in [-0.2, -0.15) is 0 Å². The lowest BCUT2D eigenvalue weighted by Gasteiger charge is -2.22. The maximum atomic E-state index is 12.3. The molecule has 0 saturated carbocycles. The topological polar surface area (TPSA) is 126 Å². The molecule has 0 radical (unpaired) electrons. The molecule has 2 rings (SSSR count). The van der Waals surface area contributed by atoms with E-state index in [-0.39, 0.29) is 11.6 Å². The molecule has 2 aromatic rings. The van der Waals surface area contributed by atoms with Crippen molar-refractivity contribution in [2.75, 3.05) is 0 Å². The van der Waals surface area contributed by atoms with Crippen molar-refractivity contribution in [1.29, 1.82) is 0 Å². The van der Waals surface area contributed by atoms with Crippen LogP contribution in [0.1, 0.15) is 43.2 Å². The van der Waals surface area contributed by atoms with E-state index in [1.807, 2.05) is 31.2 Å². The van der Waals surface area contributed by atoms with Gasteiger partial charge in [0, 0.05) is 10.9 Å². The van der Waals surface area contributed by atoms with E-state index >= 15 is 0 Å². The van der Waals surface area contributed by atoms with Crippen LogP contribution >= 0.6 is 11.3 Å². The quantitative estimate of drug-likeness (QED) is 0.529. The van der Waals surface area contributed by atoms with Crippen LogP contribution in [0.15, 0.2) is 29.6 Å². The SMILES string of the molecule is CCc1ccc(-c2nc(C(=O)NNC(=O)[C@@H](NC(N)=O)[C@@H](C)CC)cs2)cc1. The molecule has 9 heteroatoms.